The van der Waals surface area contributed by atoms with Crippen molar-refractivity contribution < 1.29 is 4.39 Å². The van der Waals surface area contributed by atoms with Gasteiger partial charge in [-0.05, 0) is 55.8 Å². The molecule has 0 aliphatic heterocycles. The molecule has 1 nitrogen and oxygen atoms in total. The molecule has 1 fully saturated rings. The van der Waals surface area contributed by atoms with Crippen molar-refractivity contribution in [2.45, 2.75) is 45.1 Å². The smallest absolute Gasteiger partial charge is 0.141 e. The first-order valence-corrected chi connectivity index (χ1v) is 7.59. The highest BCUT2D eigenvalue weighted by Gasteiger charge is 2.25. The first kappa shape index (κ1) is 14.8. The van der Waals surface area contributed by atoms with E-state index in [0.717, 1.165) is 23.8 Å². The Morgan fingerprint density at radius 1 is 1.42 bits per heavy atom. The molecule has 0 bridgehead atoms. The molecular weight excluding hydrogens is 261 g/mol. The highest BCUT2D eigenvalue weighted by atomic mass is 35.5. The number of benzene rings is 1. The number of likely N-dealkylation sites (N-methyl/N-ethyl adjacent to an activating group) is 1. The van der Waals surface area contributed by atoms with Gasteiger partial charge in [0.15, 0.2) is 0 Å². The van der Waals surface area contributed by atoms with Crippen LogP contribution in [-0.2, 0) is 6.42 Å². The average molecular weight is 284 g/mol. The lowest BCUT2D eigenvalue weighted by Gasteiger charge is -2.33. The molecule has 0 aromatic heterocycles. The summed E-state index contributed by atoms with van der Waals surface area (Å²) in [5, 5.41) is 3.66. The zero-order valence-corrected chi connectivity index (χ0v) is 12.5. The zero-order chi connectivity index (χ0) is 13.8. The van der Waals surface area contributed by atoms with Crippen LogP contribution >= 0.6 is 11.6 Å². The SMILES string of the molecule is CNC(Cc1ccc(F)c(Cl)c1)C1CCCC(C)C1. The van der Waals surface area contributed by atoms with Gasteiger partial charge < -0.3 is 5.32 Å². The fourth-order valence-electron chi connectivity index (χ4n) is 3.27. The molecule has 19 heavy (non-hydrogen) atoms. The van der Waals surface area contributed by atoms with Crippen LogP contribution in [0.3, 0.4) is 0 Å². The molecule has 0 heterocycles. The van der Waals surface area contributed by atoms with E-state index in [0.29, 0.717) is 6.04 Å². The Morgan fingerprint density at radius 3 is 2.84 bits per heavy atom. The first-order valence-electron chi connectivity index (χ1n) is 7.21. The minimum atomic E-state index is -0.335. The summed E-state index contributed by atoms with van der Waals surface area (Å²) in [4.78, 5) is 0. The summed E-state index contributed by atoms with van der Waals surface area (Å²) in [5.41, 5.74) is 1.11. The van der Waals surface area contributed by atoms with E-state index in [2.05, 4.69) is 12.2 Å². The van der Waals surface area contributed by atoms with Gasteiger partial charge in [0.2, 0.25) is 0 Å². The number of nitrogens with one attached hydrogen (secondary N) is 1. The molecular formula is C16H23ClFN. The number of rotatable bonds is 4. The number of hydrogen-bond acceptors (Lipinski definition) is 1. The van der Waals surface area contributed by atoms with Crippen molar-refractivity contribution >= 4 is 11.6 Å². The van der Waals surface area contributed by atoms with Crippen LogP contribution in [0.2, 0.25) is 5.02 Å². The second kappa shape index (κ2) is 6.71. The summed E-state index contributed by atoms with van der Waals surface area (Å²) in [6.45, 7) is 2.34. The molecule has 3 heteroatoms. The van der Waals surface area contributed by atoms with E-state index in [-0.39, 0.29) is 10.8 Å². The standard InChI is InChI=1S/C16H23ClFN/c1-11-4-3-5-13(8-11)16(19-2)10-12-6-7-15(18)14(17)9-12/h6-7,9,11,13,16,19H,3-5,8,10H2,1-2H3. The Labute approximate surface area is 120 Å². The molecule has 3 unspecified atom stereocenters. The quantitative estimate of drug-likeness (QED) is 0.862. The lowest BCUT2D eigenvalue weighted by atomic mass is 9.77. The zero-order valence-electron chi connectivity index (χ0n) is 11.8. The van der Waals surface area contributed by atoms with Crippen molar-refractivity contribution in [2.24, 2.45) is 11.8 Å². The monoisotopic (exact) mass is 283 g/mol. The van der Waals surface area contributed by atoms with Gasteiger partial charge in [-0.15, -0.1) is 0 Å². The average Bonchev–Trinajstić information content (AvgIpc) is 2.40. The van der Waals surface area contributed by atoms with Crippen LogP contribution in [0.1, 0.15) is 38.2 Å². The first-order chi connectivity index (χ1) is 9.10. The molecule has 1 aromatic carbocycles. The molecule has 3 atom stereocenters. The van der Waals surface area contributed by atoms with Crippen molar-refractivity contribution in [1.82, 2.24) is 5.32 Å². The van der Waals surface area contributed by atoms with Gasteiger partial charge >= 0.3 is 0 Å². The second-order valence-corrected chi connectivity index (χ2v) is 6.29. The van der Waals surface area contributed by atoms with Gasteiger partial charge in [-0.1, -0.05) is 37.4 Å². The van der Waals surface area contributed by atoms with Gasteiger partial charge in [-0.2, -0.15) is 0 Å². The van der Waals surface area contributed by atoms with E-state index in [1.54, 1.807) is 6.07 Å². The van der Waals surface area contributed by atoms with Crippen LogP contribution in [0.5, 0.6) is 0 Å². The lowest BCUT2D eigenvalue weighted by molar-refractivity contribution is 0.227. The highest BCUT2D eigenvalue weighted by molar-refractivity contribution is 6.30. The van der Waals surface area contributed by atoms with Crippen LogP contribution in [0, 0.1) is 17.7 Å². The molecule has 1 aromatic rings. The molecule has 0 spiro atoms. The molecule has 0 amide bonds. The van der Waals surface area contributed by atoms with Crippen molar-refractivity contribution in [2.75, 3.05) is 7.05 Å². The fraction of sp³-hybridized carbons (Fsp3) is 0.625. The predicted octanol–water partition coefficient (Wildman–Crippen LogP) is 4.44. The third-order valence-corrected chi connectivity index (χ3v) is 4.65. The maximum atomic E-state index is 13.2. The van der Waals surface area contributed by atoms with Crippen molar-refractivity contribution in [3.63, 3.8) is 0 Å². The maximum Gasteiger partial charge on any atom is 0.141 e. The number of hydrogen-bond donors (Lipinski definition) is 1. The van der Waals surface area contributed by atoms with Gasteiger partial charge in [-0.3, -0.25) is 0 Å². The van der Waals surface area contributed by atoms with Crippen LogP contribution in [0.4, 0.5) is 4.39 Å². The van der Waals surface area contributed by atoms with Crippen molar-refractivity contribution in [1.29, 1.82) is 0 Å². The van der Waals surface area contributed by atoms with Crippen molar-refractivity contribution in [3.05, 3.63) is 34.6 Å². The van der Waals surface area contributed by atoms with Crippen LogP contribution in [-0.4, -0.2) is 13.1 Å². The summed E-state index contributed by atoms with van der Waals surface area (Å²) in [7, 11) is 2.02. The van der Waals surface area contributed by atoms with Gasteiger partial charge in [0, 0.05) is 6.04 Å². The van der Waals surface area contributed by atoms with E-state index in [4.69, 9.17) is 11.6 Å². The van der Waals surface area contributed by atoms with E-state index < -0.39 is 0 Å². The Hall–Kier alpha value is -0.600. The molecule has 1 aliphatic rings. The van der Waals surface area contributed by atoms with E-state index >= 15 is 0 Å². The van der Waals surface area contributed by atoms with Gasteiger partial charge in [0.1, 0.15) is 5.82 Å². The van der Waals surface area contributed by atoms with E-state index in [1.807, 2.05) is 13.1 Å². The third-order valence-electron chi connectivity index (χ3n) is 4.36. The fourth-order valence-corrected chi connectivity index (χ4v) is 3.47. The minimum absolute atomic E-state index is 0.226. The lowest BCUT2D eigenvalue weighted by Crippen LogP contribution is -2.37. The topological polar surface area (TPSA) is 12.0 Å². The second-order valence-electron chi connectivity index (χ2n) is 5.88. The Morgan fingerprint density at radius 2 is 2.21 bits per heavy atom. The van der Waals surface area contributed by atoms with E-state index in [1.165, 1.54) is 31.7 Å². The Balaban J connectivity index is 2.03. The molecule has 0 saturated heterocycles. The summed E-state index contributed by atoms with van der Waals surface area (Å²) < 4.78 is 13.2. The van der Waals surface area contributed by atoms with Crippen molar-refractivity contribution in [3.8, 4) is 0 Å². The number of halogens is 2. The van der Waals surface area contributed by atoms with E-state index in [9.17, 15) is 4.39 Å². The van der Waals surface area contributed by atoms with Gasteiger partial charge in [0.25, 0.3) is 0 Å². The van der Waals surface area contributed by atoms with Crippen LogP contribution in [0.25, 0.3) is 0 Å². The van der Waals surface area contributed by atoms with Crippen LogP contribution < -0.4 is 5.32 Å². The van der Waals surface area contributed by atoms with Gasteiger partial charge in [-0.25, -0.2) is 4.39 Å². The maximum absolute atomic E-state index is 13.2. The third kappa shape index (κ3) is 3.93. The molecule has 0 radical (unpaired) electrons. The van der Waals surface area contributed by atoms with Gasteiger partial charge in [0.05, 0.1) is 5.02 Å². The highest BCUT2D eigenvalue weighted by Crippen LogP contribution is 2.32. The molecule has 2 rings (SSSR count). The molecule has 1 N–H and O–H groups in total. The van der Waals surface area contributed by atoms with Crippen LogP contribution in [0.15, 0.2) is 18.2 Å². The predicted molar refractivity (Wildman–Crippen MR) is 79.1 cm³/mol. The molecule has 106 valence electrons. The largest absolute Gasteiger partial charge is 0.316 e. The Kier molecular flexibility index (Phi) is 5.23. The summed E-state index contributed by atoms with van der Waals surface area (Å²) in [6.07, 6.45) is 6.20. The summed E-state index contributed by atoms with van der Waals surface area (Å²) >= 11 is 5.85. The normalized spacial score (nSPS) is 25.3. The minimum Gasteiger partial charge on any atom is -0.316 e. The molecule has 1 saturated carbocycles. The Bertz CT molecular complexity index is 421. The summed E-state index contributed by atoms with van der Waals surface area (Å²) in [6, 6.07) is 5.53. The molecule has 1 aliphatic carbocycles. The summed E-state index contributed by atoms with van der Waals surface area (Å²) in [5.74, 6) is 1.21.